The predicted octanol–water partition coefficient (Wildman–Crippen LogP) is 4.05. The van der Waals surface area contributed by atoms with Crippen LogP contribution in [0.5, 0.6) is 5.75 Å². The van der Waals surface area contributed by atoms with Gasteiger partial charge < -0.3 is 10.1 Å². The van der Waals surface area contributed by atoms with Gasteiger partial charge in [-0.2, -0.15) is 0 Å². The van der Waals surface area contributed by atoms with Gasteiger partial charge in [-0.25, -0.2) is 0 Å². The molecule has 0 aliphatic carbocycles. The average molecular weight is 281 g/mol. The highest BCUT2D eigenvalue weighted by Crippen LogP contribution is 2.23. The van der Waals surface area contributed by atoms with Gasteiger partial charge in [0, 0.05) is 6.08 Å². The van der Waals surface area contributed by atoms with Gasteiger partial charge in [0.2, 0.25) is 5.91 Å². The Morgan fingerprint density at radius 2 is 1.86 bits per heavy atom. The van der Waals surface area contributed by atoms with Gasteiger partial charge in [0.05, 0.1) is 12.3 Å². The lowest BCUT2D eigenvalue weighted by molar-refractivity contribution is -0.111. The molecule has 0 aromatic heterocycles. The van der Waals surface area contributed by atoms with Gasteiger partial charge in [0.1, 0.15) is 5.75 Å². The maximum Gasteiger partial charge on any atom is 0.248 e. The number of amides is 1. The zero-order valence-corrected chi connectivity index (χ0v) is 12.3. The van der Waals surface area contributed by atoms with E-state index in [4.69, 9.17) is 4.74 Å². The number of carbonyl (C=O) groups excluding carboxylic acids is 1. The van der Waals surface area contributed by atoms with E-state index in [1.807, 2.05) is 68.5 Å². The first-order valence-corrected chi connectivity index (χ1v) is 6.97. The second kappa shape index (κ2) is 7.29. The number of aryl methyl sites for hydroxylation is 1. The normalized spacial score (nSPS) is 10.6. The number of para-hydroxylation sites is 2. The van der Waals surface area contributed by atoms with Gasteiger partial charge in [-0.15, -0.1) is 0 Å². The fourth-order valence-corrected chi connectivity index (χ4v) is 1.96. The molecule has 0 atom stereocenters. The van der Waals surface area contributed by atoms with Gasteiger partial charge >= 0.3 is 0 Å². The van der Waals surface area contributed by atoms with Gasteiger partial charge in [0.15, 0.2) is 0 Å². The van der Waals surface area contributed by atoms with Gasteiger partial charge in [-0.05, 0) is 43.2 Å². The summed E-state index contributed by atoms with van der Waals surface area (Å²) in [5.74, 6) is 0.503. The van der Waals surface area contributed by atoms with Crippen LogP contribution in [0.2, 0.25) is 0 Å². The van der Waals surface area contributed by atoms with Gasteiger partial charge in [0.25, 0.3) is 0 Å². The van der Waals surface area contributed by atoms with Crippen LogP contribution < -0.4 is 10.1 Å². The number of carbonyl (C=O) groups is 1. The van der Waals surface area contributed by atoms with E-state index in [0.717, 1.165) is 11.1 Å². The predicted molar refractivity (Wildman–Crippen MR) is 86.5 cm³/mol. The van der Waals surface area contributed by atoms with Crippen LogP contribution in [0.15, 0.2) is 54.6 Å². The molecule has 2 rings (SSSR count). The Hall–Kier alpha value is -2.55. The molecule has 0 bridgehead atoms. The summed E-state index contributed by atoms with van der Waals surface area (Å²) in [7, 11) is 0. The Kier molecular flexibility index (Phi) is 5.16. The van der Waals surface area contributed by atoms with Crippen molar-refractivity contribution in [2.45, 2.75) is 13.8 Å². The van der Waals surface area contributed by atoms with E-state index in [9.17, 15) is 4.79 Å². The van der Waals surface area contributed by atoms with Crippen molar-refractivity contribution in [2.75, 3.05) is 11.9 Å². The van der Waals surface area contributed by atoms with Gasteiger partial charge in [-0.3, -0.25) is 4.79 Å². The number of hydrogen-bond acceptors (Lipinski definition) is 2. The minimum Gasteiger partial charge on any atom is -0.492 e. The molecule has 0 fully saturated rings. The Bertz CT molecular complexity index is 647. The maximum atomic E-state index is 12.0. The number of nitrogens with one attached hydrogen (secondary N) is 1. The molecule has 1 N–H and O–H groups in total. The molecular formula is C18H19NO2. The number of benzene rings is 2. The molecule has 3 heteroatoms. The largest absolute Gasteiger partial charge is 0.492 e. The molecule has 0 saturated heterocycles. The summed E-state index contributed by atoms with van der Waals surface area (Å²) in [5.41, 5.74) is 2.85. The quantitative estimate of drug-likeness (QED) is 0.840. The summed E-state index contributed by atoms with van der Waals surface area (Å²) in [6.45, 7) is 4.49. The van der Waals surface area contributed by atoms with E-state index in [1.165, 1.54) is 6.08 Å². The van der Waals surface area contributed by atoms with Crippen molar-refractivity contribution in [1.29, 1.82) is 0 Å². The number of rotatable bonds is 5. The molecule has 2 aromatic rings. The molecule has 0 heterocycles. The second-order valence-electron chi connectivity index (χ2n) is 4.61. The Labute approximate surface area is 125 Å². The average Bonchev–Trinajstić information content (AvgIpc) is 2.49. The molecule has 2 aromatic carbocycles. The van der Waals surface area contributed by atoms with E-state index >= 15 is 0 Å². The fourth-order valence-electron chi connectivity index (χ4n) is 1.96. The zero-order chi connectivity index (χ0) is 15.1. The third kappa shape index (κ3) is 4.21. The molecule has 108 valence electrons. The molecule has 1 amide bonds. The van der Waals surface area contributed by atoms with Crippen LogP contribution >= 0.6 is 0 Å². The van der Waals surface area contributed by atoms with Crippen molar-refractivity contribution in [3.8, 4) is 5.75 Å². The first kappa shape index (κ1) is 14.9. The lowest BCUT2D eigenvalue weighted by atomic mass is 10.1. The topological polar surface area (TPSA) is 38.3 Å². The molecular weight excluding hydrogens is 262 g/mol. The second-order valence-corrected chi connectivity index (χ2v) is 4.61. The van der Waals surface area contributed by atoms with Crippen LogP contribution in [-0.4, -0.2) is 12.5 Å². The van der Waals surface area contributed by atoms with Crippen molar-refractivity contribution in [2.24, 2.45) is 0 Å². The smallest absolute Gasteiger partial charge is 0.248 e. The van der Waals surface area contributed by atoms with Gasteiger partial charge in [-0.1, -0.05) is 36.4 Å². The van der Waals surface area contributed by atoms with Crippen molar-refractivity contribution >= 4 is 17.7 Å². The third-order valence-corrected chi connectivity index (χ3v) is 3.05. The van der Waals surface area contributed by atoms with Crippen LogP contribution in [-0.2, 0) is 4.79 Å². The van der Waals surface area contributed by atoms with E-state index in [2.05, 4.69) is 5.32 Å². The summed E-state index contributed by atoms with van der Waals surface area (Å²) >= 11 is 0. The Morgan fingerprint density at radius 3 is 2.62 bits per heavy atom. The highest BCUT2D eigenvalue weighted by atomic mass is 16.5. The summed E-state index contributed by atoms with van der Waals surface area (Å²) in [4.78, 5) is 12.0. The molecule has 0 saturated carbocycles. The molecule has 21 heavy (non-hydrogen) atoms. The summed E-state index contributed by atoms with van der Waals surface area (Å²) in [6, 6.07) is 15.3. The first-order chi connectivity index (χ1) is 10.2. The number of hydrogen-bond donors (Lipinski definition) is 1. The molecule has 0 aliphatic rings. The standard InChI is InChI=1S/C18H19NO2/c1-3-21-17-11-7-6-10-16(17)19-18(20)13-12-15-9-5-4-8-14(15)2/h4-13H,3H2,1-2H3,(H,19,20)/b13-12+. The van der Waals surface area contributed by atoms with E-state index in [0.29, 0.717) is 18.0 Å². The third-order valence-electron chi connectivity index (χ3n) is 3.05. The molecule has 3 nitrogen and oxygen atoms in total. The van der Waals surface area contributed by atoms with E-state index in [-0.39, 0.29) is 5.91 Å². The zero-order valence-electron chi connectivity index (χ0n) is 12.3. The molecule has 0 aliphatic heterocycles. The highest BCUT2D eigenvalue weighted by molar-refractivity contribution is 6.02. The van der Waals surface area contributed by atoms with Crippen LogP contribution in [0.4, 0.5) is 5.69 Å². The van der Waals surface area contributed by atoms with Crippen molar-refractivity contribution in [3.63, 3.8) is 0 Å². The molecule has 0 unspecified atom stereocenters. The SMILES string of the molecule is CCOc1ccccc1NC(=O)/C=C/c1ccccc1C. The minimum absolute atomic E-state index is 0.176. The van der Waals surface area contributed by atoms with E-state index < -0.39 is 0 Å². The van der Waals surface area contributed by atoms with Crippen LogP contribution in [0.25, 0.3) is 6.08 Å². The number of anilines is 1. The van der Waals surface area contributed by atoms with Crippen LogP contribution in [0.3, 0.4) is 0 Å². The highest BCUT2D eigenvalue weighted by Gasteiger charge is 2.04. The lowest BCUT2D eigenvalue weighted by Gasteiger charge is -2.09. The molecule has 0 spiro atoms. The fraction of sp³-hybridized carbons (Fsp3) is 0.167. The Balaban J connectivity index is 2.07. The Morgan fingerprint density at radius 1 is 1.14 bits per heavy atom. The van der Waals surface area contributed by atoms with E-state index in [1.54, 1.807) is 0 Å². The molecule has 0 radical (unpaired) electrons. The summed E-state index contributed by atoms with van der Waals surface area (Å²) < 4.78 is 5.48. The lowest BCUT2D eigenvalue weighted by Crippen LogP contribution is -2.09. The number of ether oxygens (including phenoxy) is 1. The van der Waals surface area contributed by atoms with Crippen LogP contribution in [0, 0.1) is 6.92 Å². The summed E-state index contributed by atoms with van der Waals surface area (Å²) in [5, 5.41) is 2.83. The first-order valence-electron chi connectivity index (χ1n) is 6.97. The van der Waals surface area contributed by atoms with Crippen molar-refractivity contribution in [3.05, 3.63) is 65.7 Å². The summed E-state index contributed by atoms with van der Waals surface area (Å²) in [6.07, 6.45) is 3.35. The maximum absolute atomic E-state index is 12.0. The van der Waals surface area contributed by atoms with Crippen LogP contribution in [0.1, 0.15) is 18.1 Å². The monoisotopic (exact) mass is 281 g/mol. The van der Waals surface area contributed by atoms with Crippen molar-refractivity contribution < 1.29 is 9.53 Å². The van der Waals surface area contributed by atoms with Crippen molar-refractivity contribution in [1.82, 2.24) is 0 Å². The minimum atomic E-state index is -0.176.